The van der Waals surface area contributed by atoms with Gasteiger partial charge in [0.25, 0.3) is 0 Å². The van der Waals surface area contributed by atoms with Crippen LogP contribution < -0.4 is 0 Å². The molecule has 0 N–H and O–H groups in total. The number of carbonyl (C=O) groups is 1. The van der Waals surface area contributed by atoms with Crippen LogP contribution in [0.5, 0.6) is 0 Å². The van der Waals surface area contributed by atoms with Gasteiger partial charge in [0.15, 0.2) is 0 Å². The normalized spacial score (nSPS) is 26.1. The first kappa shape index (κ1) is 11.8. The summed E-state index contributed by atoms with van der Waals surface area (Å²) in [5.74, 6) is 3.72. The van der Waals surface area contributed by atoms with Crippen LogP contribution in [0.2, 0.25) is 0 Å². The van der Waals surface area contributed by atoms with Crippen LogP contribution in [0.15, 0.2) is 16.5 Å². The van der Waals surface area contributed by atoms with Gasteiger partial charge in [-0.1, -0.05) is 6.92 Å². The van der Waals surface area contributed by atoms with Gasteiger partial charge in [0.05, 0.1) is 0 Å². The molecule has 2 aliphatic carbocycles. The molecule has 0 aromatic carbocycles. The molecule has 18 heavy (non-hydrogen) atoms. The van der Waals surface area contributed by atoms with E-state index in [1.54, 1.807) is 0 Å². The predicted octanol–water partition coefficient (Wildman–Crippen LogP) is 2.96. The molecule has 98 valence electrons. The summed E-state index contributed by atoms with van der Waals surface area (Å²) in [5, 5.41) is 0. The molecule has 0 bridgehead atoms. The van der Waals surface area contributed by atoms with Crippen LogP contribution in [-0.4, -0.2) is 23.9 Å². The van der Waals surface area contributed by atoms with Crippen molar-refractivity contribution in [3.63, 3.8) is 0 Å². The molecule has 2 aliphatic rings. The molecule has 1 aromatic heterocycles. The summed E-state index contributed by atoms with van der Waals surface area (Å²) in [6.07, 6.45) is 4.90. The summed E-state index contributed by atoms with van der Waals surface area (Å²) in [6, 6.07) is 4.63. The fourth-order valence-corrected chi connectivity index (χ4v) is 2.52. The Morgan fingerprint density at radius 1 is 1.44 bits per heavy atom. The van der Waals surface area contributed by atoms with Gasteiger partial charge in [0, 0.05) is 31.8 Å². The van der Waals surface area contributed by atoms with Crippen LogP contribution in [0.3, 0.4) is 0 Å². The summed E-state index contributed by atoms with van der Waals surface area (Å²) in [6.45, 7) is 2.25. The smallest absolute Gasteiger partial charge is 0.223 e. The van der Waals surface area contributed by atoms with Crippen molar-refractivity contribution in [2.75, 3.05) is 7.05 Å². The van der Waals surface area contributed by atoms with Gasteiger partial charge in [0.1, 0.15) is 11.5 Å². The summed E-state index contributed by atoms with van der Waals surface area (Å²) >= 11 is 0. The van der Waals surface area contributed by atoms with E-state index in [0.29, 0.717) is 18.4 Å². The van der Waals surface area contributed by atoms with Crippen molar-refractivity contribution in [1.29, 1.82) is 0 Å². The molecule has 2 fully saturated rings. The first-order valence-corrected chi connectivity index (χ1v) is 6.99. The van der Waals surface area contributed by atoms with Crippen LogP contribution in [0, 0.1) is 5.92 Å². The van der Waals surface area contributed by atoms with E-state index in [4.69, 9.17) is 4.42 Å². The van der Waals surface area contributed by atoms with E-state index >= 15 is 0 Å². The zero-order valence-corrected chi connectivity index (χ0v) is 11.2. The minimum Gasteiger partial charge on any atom is -0.466 e. The minimum absolute atomic E-state index is 0.246. The average Bonchev–Trinajstić information content (AvgIpc) is 3.27. The zero-order chi connectivity index (χ0) is 12.7. The maximum atomic E-state index is 11.9. The monoisotopic (exact) mass is 247 g/mol. The first-order chi connectivity index (χ1) is 8.65. The van der Waals surface area contributed by atoms with E-state index in [1.165, 1.54) is 19.3 Å². The molecule has 1 amide bonds. The molecule has 1 aromatic rings. The summed E-state index contributed by atoms with van der Waals surface area (Å²) in [7, 11) is 1.92. The number of aryl methyl sites for hydroxylation is 1. The quantitative estimate of drug-likeness (QED) is 0.801. The van der Waals surface area contributed by atoms with Crippen molar-refractivity contribution in [3.8, 4) is 0 Å². The second-order valence-electron chi connectivity index (χ2n) is 5.86. The largest absolute Gasteiger partial charge is 0.466 e. The Balaban J connectivity index is 1.50. The van der Waals surface area contributed by atoms with Gasteiger partial charge in [0.2, 0.25) is 5.91 Å². The van der Waals surface area contributed by atoms with Crippen molar-refractivity contribution in [3.05, 3.63) is 23.7 Å². The van der Waals surface area contributed by atoms with Crippen molar-refractivity contribution >= 4 is 5.91 Å². The van der Waals surface area contributed by atoms with E-state index in [9.17, 15) is 4.79 Å². The van der Waals surface area contributed by atoms with Gasteiger partial charge < -0.3 is 9.32 Å². The Morgan fingerprint density at radius 3 is 2.78 bits per heavy atom. The highest BCUT2D eigenvalue weighted by Gasteiger charge is 2.36. The highest BCUT2D eigenvalue weighted by atomic mass is 16.3. The molecular weight excluding hydrogens is 226 g/mol. The van der Waals surface area contributed by atoms with Gasteiger partial charge >= 0.3 is 0 Å². The Hall–Kier alpha value is -1.25. The van der Waals surface area contributed by atoms with Gasteiger partial charge in [-0.05, 0) is 37.3 Å². The number of hydrogen-bond donors (Lipinski definition) is 0. The third-order valence-electron chi connectivity index (χ3n) is 4.23. The lowest BCUT2D eigenvalue weighted by Crippen LogP contribution is -2.28. The lowest BCUT2D eigenvalue weighted by molar-refractivity contribution is -0.130. The lowest BCUT2D eigenvalue weighted by atomic mass is 10.2. The Bertz CT molecular complexity index is 447. The zero-order valence-electron chi connectivity index (χ0n) is 11.2. The Morgan fingerprint density at radius 2 is 2.17 bits per heavy atom. The summed E-state index contributed by atoms with van der Waals surface area (Å²) < 4.78 is 5.81. The summed E-state index contributed by atoms with van der Waals surface area (Å²) in [5.41, 5.74) is 0. The molecule has 2 atom stereocenters. The topological polar surface area (TPSA) is 33.5 Å². The molecule has 0 spiro atoms. The number of furan rings is 1. The van der Waals surface area contributed by atoms with Gasteiger partial charge in [-0.15, -0.1) is 0 Å². The fraction of sp³-hybridized carbons (Fsp3) is 0.667. The molecule has 3 rings (SSSR count). The molecule has 2 saturated carbocycles. The van der Waals surface area contributed by atoms with Crippen LogP contribution in [0.4, 0.5) is 0 Å². The fourth-order valence-electron chi connectivity index (χ4n) is 2.52. The maximum absolute atomic E-state index is 11.9. The minimum atomic E-state index is 0.246. The molecular formula is C15H21NO2. The summed E-state index contributed by atoms with van der Waals surface area (Å²) in [4.78, 5) is 13.8. The third-order valence-corrected chi connectivity index (χ3v) is 4.23. The molecule has 1 heterocycles. The van der Waals surface area contributed by atoms with Crippen LogP contribution in [0.1, 0.15) is 50.0 Å². The number of hydrogen-bond acceptors (Lipinski definition) is 2. The lowest BCUT2D eigenvalue weighted by Gasteiger charge is -2.15. The number of carbonyl (C=O) groups excluding carboxylic acids is 1. The highest BCUT2D eigenvalue weighted by molar-refractivity contribution is 5.76. The second kappa shape index (κ2) is 4.45. The molecule has 3 heteroatoms. The second-order valence-corrected chi connectivity index (χ2v) is 5.86. The van der Waals surface area contributed by atoms with Gasteiger partial charge in [-0.2, -0.15) is 0 Å². The van der Waals surface area contributed by atoms with Crippen LogP contribution in [0.25, 0.3) is 0 Å². The van der Waals surface area contributed by atoms with Crippen molar-refractivity contribution in [2.24, 2.45) is 5.92 Å². The first-order valence-electron chi connectivity index (χ1n) is 6.99. The predicted molar refractivity (Wildman–Crippen MR) is 69.3 cm³/mol. The van der Waals surface area contributed by atoms with E-state index in [2.05, 4.69) is 13.0 Å². The molecule has 0 saturated heterocycles. The highest BCUT2D eigenvalue weighted by Crippen LogP contribution is 2.47. The maximum Gasteiger partial charge on any atom is 0.223 e. The number of amides is 1. The standard InChI is InChI=1S/C15H21NO2/c1-10-9-13(10)14-7-5-12(18-14)6-8-15(17)16(2)11-3-4-11/h5,7,10-11,13H,3-4,6,8-9H2,1-2H3/t10-,13+/m1/s1. The van der Waals surface area contributed by atoms with Crippen LogP contribution >= 0.6 is 0 Å². The van der Waals surface area contributed by atoms with E-state index < -0.39 is 0 Å². The third kappa shape index (κ3) is 2.45. The van der Waals surface area contributed by atoms with Crippen molar-refractivity contribution < 1.29 is 9.21 Å². The molecule has 3 nitrogen and oxygen atoms in total. The average molecular weight is 247 g/mol. The van der Waals surface area contributed by atoms with Crippen molar-refractivity contribution in [1.82, 2.24) is 4.90 Å². The van der Waals surface area contributed by atoms with E-state index in [-0.39, 0.29) is 5.91 Å². The van der Waals surface area contributed by atoms with Gasteiger partial charge in [-0.3, -0.25) is 4.79 Å². The molecule has 0 unspecified atom stereocenters. The van der Waals surface area contributed by atoms with Gasteiger partial charge in [-0.25, -0.2) is 0 Å². The molecule has 0 radical (unpaired) electrons. The van der Waals surface area contributed by atoms with Crippen LogP contribution in [-0.2, 0) is 11.2 Å². The Kier molecular flexibility index (Phi) is 2.92. The Labute approximate surface area is 108 Å². The molecule has 0 aliphatic heterocycles. The van der Waals surface area contributed by atoms with Crippen molar-refractivity contribution in [2.45, 2.75) is 51.0 Å². The SMILES string of the molecule is C[C@@H]1C[C@@H]1c1ccc(CCC(=O)N(C)C2CC2)o1. The number of nitrogens with zero attached hydrogens (tertiary/aromatic N) is 1. The van der Waals surface area contributed by atoms with E-state index in [0.717, 1.165) is 23.9 Å². The van der Waals surface area contributed by atoms with E-state index in [1.807, 2.05) is 18.0 Å². The number of rotatable bonds is 5.